The third kappa shape index (κ3) is 5.14. The lowest BCUT2D eigenvalue weighted by atomic mass is 9.91. The highest BCUT2D eigenvalue weighted by Gasteiger charge is 2.49. The number of nitrogens with one attached hydrogen (secondary N) is 2. The Hall–Kier alpha value is -3.93. The maximum Gasteiger partial charge on any atom is 0.319 e. The Balaban J connectivity index is 1.30. The van der Waals surface area contributed by atoms with Crippen molar-refractivity contribution in [2.24, 2.45) is 0 Å². The SMILES string of the molecule is Cc1cc2[nH]ncc2c2c1CCCCC(=O)N[C@@H]1CCCCN(C1)c1nc(OC[C@@]34CCCN3C[C@H](F)C4)nc3c(F)c-2ncc13. The Morgan fingerprint density at radius 1 is 1.07 bits per heavy atom. The highest BCUT2D eigenvalue weighted by molar-refractivity contribution is 5.99. The van der Waals surface area contributed by atoms with E-state index in [2.05, 4.69) is 25.3 Å². The van der Waals surface area contributed by atoms with E-state index in [1.165, 1.54) is 0 Å². The number of ether oxygens (including phenoxy) is 1. The van der Waals surface area contributed by atoms with Crippen LogP contribution in [0.2, 0.25) is 0 Å². The van der Waals surface area contributed by atoms with Crippen molar-refractivity contribution in [1.82, 2.24) is 35.4 Å². The second kappa shape index (κ2) is 11.7. The van der Waals surface area contributed by atoms with E-state index in [0.29, 0.717) is 55.7 Å². The lowest BCUT2D eigenvalue weighted by molar-refractivity contribution is -0.121. The minimum atomic E-state index is -0.887. The van der Waals surface area contributed by atoms with Crippen LogP contribution >= 0.6 is 0 Å². The Morgan fingerprint density at radius 3 is 2.87 bits per heavy atom. The van der Waals surface area contributed by atoms with E-state index in [0.717, 1.165) is 73.5 Å². The summed E-state index contributed by atoms with van der Waals surface area (Å²) in [5, 5.41) is 11.9. The van der Waals surface area contributed by atoms with Gasteiger partial charge in [0.1, 0.15) is 29.8 Å². The largest absolute Gasteiger partial charge is 0.461 e. The molecule has 0 radical (unpaired) electrons. The van der Waals surface area contributed by atoms with Crippen LogP contribution in [-0.4, -0.2) is 86.5 Å². The van der Waals surface area contributed by atoms with Crippen molar-refractivity contribution in [2.45, 2.75) is 88.9 Å². The van der Waals surface area contributed by atoms with Gasteiger partial charge >= 0.3 is 6.01 Å². The summed E-state index contributed by atoms with van der Waals surface area (Å²) in [5.74, 6) is 0.0642. The summed E-state index contributed by atoms with van der Waals surface area (Å²) < 4.78 is 37.9. The van der Waals surface area contributed by atoms with E-state index in [-0.39, 0.29) is 35.8 Å². The Morgan fingerprint density at radius 2 is 1.96 bits per heavy atom. The van der Waals surface area contributed by atoms with Gasteiger partial charge in [0.2, 0.25) is 5.91 Å². The number of fused-ring (bicyclic) bond motifs is 8. The number of hydrogen-bond acceptors (Lipinski definition) is 8. The number of H-pyrrole nitrogens is 1. The zero-order valence-electron chi connectivity index (χ0n) is 26.2. The molecular formula is C34H40F2N8O2. The number of halogens is 2. The Kier molecular flexibility index (Phi) is 7.50. The van der Waals surface area contributed by atoms with E-state index >= 15 is 4.39 Å². The van der Waals surface area contributed by atoms with Crippen molar-refractivity contribution < 1.29 is 18.3 Å². The van der Waals surface area contributed by atoms with E-state index < -0.39 is 17.5 Å². The van der Waals surface area contributed by atoms with Gasteiger partial charge in [-0.05, 0) is 82.0 Å². The Labute approximate surface area is 266 Å². The fraction of sp³-hybridized carbons (Fsp3) is 0.559. The number of aromatic nitrogens is 5. The van der Waals surface area contributed by atoms with E-state index in [1.54, 1.807) is 12.4 Å². The van der Waals surface area contributed by atoms with Gasteiger partial charge in [0.25, 0.3) is 0 Å². The molecule has 46 heavy (non-hydrogen) atoms. The molecule has 2 N–H and O–H groups in total. The van der Waals surface area contributed by atoms with Crippen molar-refractivity contribution in [3.8, 4) is 17.3 Å². The summed E-state index contributed by atoms with van der Waals surface area (Å²) in [4.78, 5) is 31.7. The van der Waals surface area contributed by atoms with Gasteiger partial charge in [-0.1, -0.05) is 0 Å². The van der Waals surface area contributed by atoms with Gasteiger partial charge < -0.3 is 15.0 Å². The van der Waals surface area contributed by atoms with Crippen molar-refractivity contribution in [1.29, 1.82) is 0 Å². The summed E-state index contributed by atoms with van der Waals surface area (Å²) in [5.41, 5.74) is 3.44. The summed E-state index contributed by atoms with van der Waals surface area (Å²) in [6.07, 6.45) is 10.1. The first-order valence-corrected chi connectivity index (χ1v) is 16.8. The number of pyridine rings is 1. The lowest BCUT2D eigenvalue weighted by Crippen LogP contribution is -2.44. The predicted molar refractivity (Wildman–Crippen MR) is 171 cm³/mol. The maximum absolute atomic E-state index is 17.1. The van der Waals surface area contributed by atoms with Crippen molar-refractivity contribution in [2.75, 3.05) is 37.7 Å². The maximum atomic E-state index is 17.1. The average molecular weight is 631 g/mol. The highest BCUT2D eigenvalue weighted by Crippen LogP contribution is 2.42. The number of anilines is 1. The van der Waals surface area contributed by atoms with Gasteiger partial charge in [-0.25, -0.2) is 8.78 Å². The molecule has 5 aliphatic heterocycles. The van der Waals surface area contributed by atoms with Gasteiger partial charge in [-0.3, -0.25) is 19.8 Å². The lowest BCUT2D eigenvalue weighted by Gasteiger charge is -2.31. The molecule has 6 bridgehead atoms. The molecule has 1 aromatic carbocycles. The molecule has 0 saturated carbocycles. The summed E-state index contributed by atoms with van der Waals surface area (Å²) in [7, 11) is 0. The van der Waals surface area contributed by atoms with Crippen LogP contribution in [0.4, 0.5) is 14.6 Å². The number of amides is 1. The third-order valence-electron chi connectivity index (χ3n) is 10.6. The zero-order chi connectivity index (χ0) is 31.4. The molecule has 3 aromatic heterocycles. The smallest absolute Gasteiger partial charge is 0.319 e. The fourth-order valence-electron chi connectivity index (χ4n) is 8.35. The van der Waals surface area contributed by atoms with Crippen LogP contribution in [0.15, 0.2) is 18.5 Å². The number of hydrogen-bond donors (Lipinski definition) is 2. The van der Waals surface area contributed by atoms with Crippen molar-refractivity contribution in [3.63, 3.8) is 0 Å². The molecular weight excluding hydrogens is 590 g/mol. The summed E-state index contributed by atoms with van der Waals surface area (Å²) in [6.45, 7) is 4.76. The van der Waals surface area contributed by atoms with Crippen LogP contribution in [0.25, 0.3) is 33.1 Å². The predicted octanol–water partition coefficient (Wildman–Crippen LogP) is 5.17. The fourth-order valence-corrected chi connectivity index (χ4v) is 8.35. The minimum Gasteiger partial charge on any atom is -0.461 e. The molecule has 9 rings (SSSR count). The van der Waals surface area contributed by atoms with E-state index in [9.17, 15) is 9.18 Å². The molecule has 3 atom stereocenters. The van der Waals surface area contributed by atoms with Gasteiger partial charge in [-0.2, -0.15) is 15.1 Å². The van der Waals surface area contributed by atoms with Gasteiger partial charge in [0, 0.05) is 55.7 Å². The number of nitrogens with zero attached hydrogens (tertiary/aromatic N) is 6. The van der Waals surface area contributed by atoms with E-state index in [4.69, 9.17) is 19.7 Å². The monoisotopic (exact) mass is 630 g/mol. The number of carbonyl (C=O) groups excluding carboxylic acids is 1. The average Bonchev–Trinajstić information content (AvgIpc) is 3.68. The molecule has 4 aromatic rings. The topological polar surface area (TPSA) is 112 Å². The standard InChI is InChI=1S/C34H40F2N8O2/c1-20-13-26-24(16-38-42-26)28-23(20)8-2-3-9-27(45)39-22-7-4-5-11-43(18-22)32-25-15-37-31(28)29(36)30(25)40-33(41-32)46-19-34-10-6-12-44(34)17-21(35)14-34/h13,15-16,21-22H,2-12,14,17-19H2,1H3,(H,38,42)(H,39,45)/t21-,22-,34+/m1/s1. The van der Waals surface area contributed by atoms with Gasteiger partial charge in [0.15, 0.2) is 5.82 Å². The van der Waals surface area contributed by atoms with Crippen LogP contribution in [0.1, 0.15) is 68.9 Å². The molecule has 242 valence electrons. The van der Waals surface area contributed by atoms with Crippen molar-refractivity contribution >= 4 is 33.5 Å². The number of aromatic amines is 1. The quantitative estimate of drug-likeness (QED) is 0.319. The first-order chi connectivity index (χ1) is 22.4. The molecule has 8 heterocycles. The van der Waals surface area contributed by atoms with Crippen LogP contribution < -0.4 is 15.0 Å². The normalized spacial score (nSPS) is 25.6. The molecule has 0 spiro atoms. The Bertz CT molecular complexity index is 1810. The van der Waals surface area contributed by atoms with Gasteiger partial charge in [-0.15, -0.1) is 0 Å². The molecule has 3 saturated heterocycles. The number of alkyl halides is 1. The van der Waals surface area contributed by atoms with Crippen LogP contribution in [0.3, 0.4) is 0 Å². The third-order valence-corrected chi connectivity index (χ3v) is 10.6. The number of aryl methyl sites for hydroxylation is 1. The van der Waals surface area contributed by atoms with E-state index in [1.807, 2.05) is 13.0 Å². The molecule has 5 aliphatic rings. The first kappa shape index (κ1) is 29.5. The number of rotatable bonds is 3. The number of benzene rings is 1. The van der Waals surface area contributed by atoms with Gasteiger partial charge in [0.05, 0.1) is 22.6 Å². The van der Waals surface area contributed by atoms with Crippen LogP contribution in [0, 0.1) is 12.7 Å². The molecule has 10 nitrogen and oxygen atoms in total. The molecule has 3 fully saturated rings. The summed E-state index contributed by atoms with van der Waals surface area (Å²) >= 11 is 0. The number of carbonyl (C=O) groups is 1. The second-order valence-corrected chi connectivity index (χ2v) is 13.7. The first-order valence-electron chi connectivity index (χ1n) is 16.8. The minimum absolute atomic E-state index is 0.0530. The van der Waals surface area contributed by atoms with Crippen LogP contribution in [-0.2, 0) is 11.2 Å². The van der Waals surface area contributed by atoms with Crippen LogP contribution in [0.5, 0.6) is 6.01 Å². The molecule has 1 amide bonds. The summed E-state index contributed by atoms with van der Waals surface area (Å²) in [6, 6.07) is 2.05. The molecule has 0 unspecified atom stereocenters. The molecule has 12 heteroatoms. The second-order valence-electron chi connectivity index (χ2n) is 13.7. The highest BCUT2D eigenvalue weighted by atomic mass is 19.1. The van der Waals surface area contributed by atoms with Crippen molar-refractivity contribution in [3.05, 3.63) is 35.4 Å². The molecule has 0 aliphatic carbocycles. The zero-order valence-corrected chi connectivity index (χ0v) is 26.2.